The van der Waals surface area contributed by atoms with Crippen molar-refractivity contribution in [3.63, 3.8) is 0 Å². The Labute approximate surface area is 139 Å². The van der Waals surface area contributed by atoms with Crippen LogP contribution in [0, 0.1) is 0 Å². The number of carbonyl (C=O) groups excluding carboxylic acids is 1. The molecule has 1 aromatic rings. The molecule has 0 N–H and O–H groups in total. The van der Waals surface area contributed by atoms with Gasteiger partial charge < -0.3 is 4.90 Å². The fraction of sp³-hybridized carbons (Fsp3) is 0.611. The molecule has 0 saturated carbocycles. The first-order chi connectivity index (χ1) is 10.6. The normalized spacial score (nSPS) is 17.4. The summed E-state index contributed by atoms with van der Waals surface area (Å²) < 4.78 is 0. The Bertz CT molecular complexity index is 466. The van der Waals surface area contributed by atoms with Gasteiger partial charge in [0.05, 0.1) is 6.04 Å². The molecule has 2 rings (SSSR count). The average Bonchev–Trinajstić information content (AvgIpc) is 2.83. The molecule has 1 fully saturated rings. The fourth-order valence-corrected chi connectivity index (χ4v) is 3.31. The van der Waals surface area contributed by atoms with Gasteiger partial charge in [0.1, 0.15) is 0 Å². The molecule has 3 nitrogen and oxygen atoms in total. The van der Waals surface area contributed by atoms with Crippen LogP contribution in [0.25, 0.3) is 0 Å². The smallest absolute Gasteiger partial charge is 0.239 e. The van der Waals surface area contributed by atoms with E-state index in [1.807, 2.05) is 14.0 Å². The molecule has 122 valence electrons. The van der Waals surface area contributed by atoms with Crippen LogP contribution < -0.4 is 0 Å². The van der Waals surface area contributed by atoms with Gasteiger partial charge in [-0.3, -0.25) is 9.69 Å². The van der Waals surface area contributed by atoms with Crippen molar-refractivity contribution in [2.24, 2.45) is 0 Å². The van der Waals surface area contributed by atoms with Gasteiger partial charge in [-0.25, -0.2) is 0 Å². The highest BCUT2D eigenvalue weighted by molar-refractivity contribution is 7.98. The summed E-state index contributed by atoms with van der Waals surface area (Å²) in [7, 11) is 2.04. The number of rotatable bonds is 5. The van der Waals surface area contributed by atoms with Crippen molar-refractivity contribution in [3.05, 3.63) is 29.8 Å². The molecule has 1 heterocycles. The Morgan fingerprint density at radius 3 is 2.32 bits per heavy atom. The van der Waals surface area contributed by atoms with Gasteiger partial charge in [-0.2, -0.15) is 0 Å². The summed E-state index contributed by atoms with van der Waals surface area (Å²) in [4.78, 5) is 18.2. The topological polar surface area (TPSA) is 23.6 Å². The van der Waals surface area contributed by atoms with Crippen molar-refractivity contribution in [1.29, 1.82) is 0 Å². The standard InChI is InChI=1S/C18H28N2OS/c1-15(18(21)20-12-6-4-5-7-13-20)19(2)14-16-8-10-17(22-3)11-9-16/h8-11,15H,4-7,12-14H2,1-3H3/t15-/m1/s1. The third-order valence-electron chi connectivity index (χ3n) is 4.53. The molecule has 1 saturated heterocycles. The second kappa shape index (κ2) is 8.59. The Hall–Kier alpha value is -1.00. The molecule has 1 aliphatic rings. The zero-order chi connectivity index (χ0) is 15.9. The number of benzene rings is 1. The van der Waals surface area contributed by atoms with Crippen molar-refractivity contribution in [2.45, 2.75) is 50.1 Å². The van der Waals surface area contributed by atoms with Crippen molar-refractivity contribution in [1.82, 2.24) is 9.80 Å². The van der Waals surface area contributed by atoms with Gasteiger partial charge in [0.25, 0.3) is 0 Å². The maximum Gasteiger partial charge on any atom is 0.239 e. The molecule has 0 spiro atoms. The summed E-state index contributed by atoms with van der Waals surface area (Å²) in [6.45, 7) is 4.71. The highest BCUT2D eigenvalue weighted by atomic mass is 32.2. The van der Waals surface area contributed by atoms with Gasteiger partial charge in [0.15, 0.2) is 0 Å². The predicted octanol–water partition coefficient (Wildman–Crippen LogP) is 3.63. The highest BCUT2D eigenvalue weighted by Crippen LogP contribution is 2.17. The largest absolute Gasteiger partial charge is 0.341 e. The molecule has 22 heavy (non-hydrogen) atoms. The molecule has 1 amide bonds. The van der Waals surface area contributed by atoms with Crippen molar-refractivity contribution in [2.75, 3.05) is 26.4 Å². The van der Waals surface area contributed by atoms with Crippen molar-refractivity contribution in [3.8, 4) is 0 Å². The van der Waals surface area contributed by atoms with Crippen LogP contribution in [-0.2, 0) is 11.3 Å². The van der Waals surface area contributed by atoms with E-state index in [0.717, 1.165) is 32.5 Å². The van der Waals surface area contributed by atoms with Crippen LogP contribution in [0.3, 0.4) is 0 Å². The molecule has 1 atom stereocenters. The van der Waals surface area contributed by atoms with Crippen LogP contribution in [-0.4, -0.2) is 48.1 Å². The zero-order valence-corrected chi connectivity index (χ0v) is 14.9. The molecular formula is C18H28N2OS. The maximum absolute atomic E-state index is 12.7. The first-order valence-corrected chi connectivity index (χ1v) is 9.46. The summed E-state index contributed by atoms with van der Waals surface area (Å²) in [5.74, 6) is 0.283. The highest BCUT2D eigenvalue weighted by Gasteiger charge is 2.24. The minimum Gasteiger partial charge on any atom is -0.341 e. The summed E-state index contributed by atoms with van der Waals surface area (Å²) >= 11 is 1.75. The van der Waals surface area contributed by atoms with E-state index in [4.69, 9.17) is 0 Å². The van der Waals surface area contributed by atoms with Crippen LogP contribution in [0.2, 0.25) is 0 Å². The van der Waals surface area contributed by atoms with E-state index >= 15 is 0 Å². The third-order valence-corrected chi connectivity index (χ3v) is 5.27. The van der Waals surface area contributed by atoms with Crippen LogP contribution in [0.5, 0.6) is 0 Å². The molecule has 1 aromatic carbocycles. The second-order valence-corrected chi connectivity index (χ2v) is 7.06. The van der Waals surface area contributed by atoms with Gasteiger partial charge in [-0.05, 0) is 50.8 Å². The van der Waals surface area contributed by atoms with Crippen LogP contribution >= 0.6 is 11.8 Å². The lowest BCUT2D eigenvalue weighted by molar-refractivity contribution is -0.136. The number of thioether (sulfide) groups is 1. The number of hydrogen-bond acceptors (Lipinski definition) is 3. The van der Waals surface area contributed by atoms with Gasteiger partial charge in [-0.15, -0.1) is 11.8 Å². The number of hydrogen-bond donors (Lipinski definition) is 0. The van der Waals surface area contributed by atoms with Gasteiger partial charge >= 0.3 is 0 Å². The summed E-state index contributed by atoms with van der Waals surface area (Å²) in [6.07, 6.45) is 6.91. The third kappa shape index (κ3) is 4.75. The lowest BCUT2D eigenvalue weighted by atomic mass is 10.1. The van der Waals surface area contributed by atoms with Gasteiger partial charge in [0, 0.05) is 24.5 Å². The SMILES string of the molecule is CSc1ccc(CN(C)[C@H](C)C(=O)N2CCCCCC2)cc1. The Morgan fingerprint density at radius 1 is 1.18 bits per heavy atom. The lowest BCUT2D eigenvalue weighted by Crippen LogP contribution is -2.45. The number of carbonyl (C=O) groups is 1. The van der Waals surface area contributed by atoms with E-state index in [-0.39, 0.29) is 11.9 Å². The van der Waals surface area contributed by atoms with E-state index in [2.05, 4.69) is 40.3 Å². The number of likely N-dealkylation sites (N-methyl/N-ethyl adjacent to an activating group) is 1. The molecule has 1 aliphatic heterocycles. The zero-order valence-electron chi connectivity index (χ0n) is 14.0. The van der Waals surface area contributed by atoms with E-state index in [9.17, 15) is 4.79 Å². The Kier molecular flexibility index (Phi) is 6.77. The molecule has 0 aliphatic carbocycles. The quantitative estimate of drug-likeness (QED) is 0.774. The minimum absolute atomic E-state index is 0.0571. The number of amides is 1. The van der Waals surface area contributed by atoms with Gasteiger partial charge in [0.2, 0.25) is 5.91 Å². The number of likely N-dealkylation sites (tertiary alicyclic amines) is 1. The van der Waals surface area contributed by atoms with Crippen LogP contribution in [0.15, 0.2) is 29.2 Å². The monoisotopic (exact) mass is 320 g/mol. The van der Waals surface area contributed by atoms with Crippen molar-refractivity contribution >= 4 is 17.7 Å². The van der Waals surface area contributed by atoms with Gasteiger partial charge in [-0.1, -0.05) is 25.0 Å². The number of nitrogens with zero attached hydrogens (tertiary/aromatic N) is 2. The van der Waals surface area contributed by atoms with E-state index < -0.39 is 0 Å². The van der Waals surface area contributed by atoms with E-state index in [0.29, 0.717) is 0 Å². The first kappa shape index (κ1) is 17.4. The predicted molar refractivity (Wildman–Crippen MR) is 94.2 cm³/mol. The summed E-state index contributed by atoms with van der Waals surface area (Å²) in [5.41, 5.74) is 1.26. The first-order valence-electron chi connectivity index (χ1n) is 8.24. The van der Waals surface area contributed by atoms with Crippen LogP contribution in [0.1, 0.15) is 38.2 Å². The summed E-state index contributed by atoms with van der Waals surface area (Å²) in [5, 5.41) is 0. The molecule has 4 heteroatoms. The Morgan fingerprint density at radius 2 is 1.77 bits per heavy atom. The average molecular weight is 321 g/mol. The molecule has 0 radical (unpaired) electrons. The lowest BCUT2D eigenvalue weighted by Gasteiger charge is -2.29. The van der Waals surface area contributed by atoms with E-state index in [1.54, 1.807) is 11.8 Å². The summed E-state index contributed by atoms with van der Waals surface area (Å²) in [6, 6.07) is 8.56. The Balaban J connectivity index is 1.92. The fourth-order valence-electron chi connectivity index (χ4n) is 2.90. The molecule has 0 unspecified atom stereocenters. The minimum atomic E-state index is -0.0571. The van der Waals surface area contributed by atoms with E-state index in [1.165, 1.54) is 23.3 Å². The van der Waals surface area contributed by atoms with Crippen molar-refractivity contribution < 1.29 is 4.79 Å². The molecule has 0 aromatic heterocycles. The second-order valence-electron chi connectivity index (χ2n) is 6.18. The molecule has 0 bridgehead atoms. The molecular weight excluding hydrogens is 292 g/mol. The maximum atomic E-state index is 12.7. The van der Waals surface area contributed by atoms with Crippen LogP contribution in [0.4, 0.5) is 0 Å².